The maximum absolute atomic E-state index is 13.3. The average Bonchev–Trinajstić information content (AvgIpc) is 3.32. The number of nitrogens with one attached hydrogen (secondary N) is 1. The third-order valence-corrected chi connectivity index (χ3v) is 6.26. The lowest BCUT2D eigenvalue weighted by Crippen LogP contribution is -2.29. The Kier molecular flexibility index (Phi) is 8.53. The molecule has 38 heavy (non-hydrogen) atoms. The summed E-state index contributed by atoms with van der Waals surface area (Å²) < 4.78 is 24.4. The molecule has 1 unspecified atom stereocenters. The van der Waals surface area contributed by atoms with Crippen LogP contribution in [0, 0.1) is 0 Å². The van der Waals surface area contributed by atoms with Gasteiger partial charge in [0.25, 0.3) is 5.91 Å². The van der Waals surface area contributed by atoms with Crippen LogP contribution in [0.25, 0.3) is 11.0 Å². The predicted octanol–water partition coefficient (Wildman–Crippen LogP) is 5.36. The van der Waals surface area contributed by atoms with Crippen LogP contribution in [0.4, 0.5) is 0 Å². The van der Waals surface area contributed by atoms with Crippen LogP contribution in [0.2, 0.25) is 0 Å². The predicted molar refractivity (Wildman–Crippen MR) is 148 cm³/mol. The SMILES string of the molecule is C=CCc1ccccc1OCCn1c(C(C)NC(=O)c2cc(OC)c(OC)c(OC)c2)nc2ccccc21. The number of allylic oxidation sites excluding steroid dienone is 1. The zero-order valence-corrected chi connectivity index (χ0v) is 22.2. The average molecular weight is 516 g/mol. The molecule has 8 nitrogen and oxygen atoms in total. The van der Waals surface area contributed by atoms with Crippen molar-refractivity contribution < 1.29 is 23.7 Å². The smallest absolute Gasteiger partial charge is 0.252 e. The highest BCUT2D eigenvalue weighted by Gasteiger charge is 2.22. The molecule has 3 aromatic carbocycles. The number of rotatable bonds is 12. The van der Waals surface area contributed by atoms with Gasteiger partial charge in [-0.2, -0.15) is 0 Å². The van der Waals surface area contributed by atoms with Crippen LogP contribution in [-0.2, 0) is 13.0 Å². The number of fused-ring (bicyclic) bond motifs is 1. The Morgan fingerprint density at radius 1 is 1.00 bits per heavy atom. The molecule has 0 fully saturated rings. The number of amides is 1. The molecule has 0 saturated heterocycles. The first kappa shape index (κ1) is 26.6. The molecule has 1 N–H and O–H groups in total. The first-order chi connectivity index (χ1) is 18.5. The number of ether oxygens (including phenoxy) is 4. The fourth-order valence-corrected chi connectivity index (χ4v) is 4.43. The molecule has 1 aromatic heterocycles. The van der Waals surface area contributed by atoms with Gasteiger partial charge in [-0.15, -0.1) is 6.58 Å². The molecule has 0 bridgehead atoms. The number of carbonyl (C=O) groups excluding carboxylic acids is 1. The van der Waals surface area contributed by atoms with Crippen LogP contribution in [-0.4, -0.2) is 43.4 Å². The summed E-state index contributed by atoms with van der Waals surface area (Å²) in [4.78, 5) is 18.1. The van der Waals surface area contributed by atoms with Crippen LogP contribution < -0.4 is 24.3 Å². The second-order valence-electron chi connectivity index (χ2n) is 8.67. The minimum absolute atomic E-state index is 0.287. The van der Waals surface area contributed by atoms with Crippen LogP contribution in [0.15, 0.2) is 73.3 Å². The number of carbonyl (C=O) groups is 1. The van der Waals surface area contributed by atoms with Gasteiger partial charge in [0, 0.05) is 5.56 Å². The number of imidazole rings is 1. The van der Waals surface area contributed by atoms with Gasteiger partial charge >= 0.3 is 0 Å². The molecule has 8 heteroatoms. The minimum atomic E-state index is -0.387. The second-order valence-corrected chi connectivity index (χ2v) is 8.67. The summed E-state index contributed by atoms with van der Waals surface area (Å²) >= 11 is 0. The van der Waals surface area contributed by atoms with E-state index in [4.69, 9.17) is 23.9 Å². The zero-order chi connectivity index (χ0) is 27.1. The molecule has 0 aliphatic rings. The van der Waals surface area contributed by atoms with Crippen molar-refractivity contribution in [3.63, 3.8) is 0 Å². The molecule has 1 heterocycles. The highest BCUT2D eigenvalue weighted by Crippen LogP contribution is 2.38. The summed E-state index contributed by atoms with van der Waals surface area (Å²) in [6, 6.07) is 18.7. The van der Waals surface area contributed by atoms with E-state index >= 15 is 0 Å². The molecule has 0 spiro atoms. The van der Waals surface area contributed by atoms with Gasteiger partial charge in [-0.1, -0.05) is 36.4 Å². The van der Waals surface area contributed by atoms with Crippen LogP contribution in [0.3, 0.4) is 0 Å². The standard InChI is InChI=1S/C30H33N3O5/c1-6-11-21-12-7-10-15-25(21)38-17-16-33-24-14-9-8-13-23(24)32-29(33)20(2)31-30(34)22-18-26(35-3)28(37-5)27(19-22)36-4/h6-10,12-15,18-20H,1,11,16-17H2,2-5H3,(H,31,34). The fraction of sp³-hybridized carbons (Fsp3) is 0.267. The van der Waals surface area contributed by atoms with E-state index in [2.05, 4.69) is 16.5 Å². The normalized spacial score (nSPS) is 11.6. The zero-order valence-electron chi connectivity index (χ0n) is 22.2. The maximum atomic E-state index is 13.3. The van der Waals surface area contributed by atoms with Crippen LogP contribution in [0.5, 0.6) is 23.0 Å². The molecule has 0 aliphatic heterocycles. The Labute approximate surface area is 222 Å². The van der Waals surface area contributed by atoms with Crippen molar-refractivity contribution in [3.05, 3.63) is 90.3 Å². The van der Waals surface area contributed by atoms with E-state index in [9.17, 15) is 4.79 Å². The van der Waals surface area contributed by atoms with E-state index in [0.29, 0.717) is 36.0 Å². The Balaban J connectivity index is 1.57. The number of nitrogens with zero attached hydrogens (tertiary/aromatic N) is 2. The third-order valence-electron chi connectivity index (χ3n) is 6.26. The highest BCUT2D eigenvalue weighted by molar-refractivity contribution is 5.96. The van der Waals surface area contributed by atoms with Crippen molar-refractivity contribution in [1.82, 2.24) is 14.9 Å². The molecule has 0 radical (unpaired) electrons. The van der Waals surface area contributed by atoms with Crippen molar-refractivity contribution in [1.29, 1.82) is 0 Å². The van der Waals surface area contributed by atoms with E-state index in [-0.39, 0.29) is 11.9 Å². The van der Waals surface area contributed by atoms with Gasteiger partial charge in [0.2, 0.25) is 5.75 Å². The maximum Gasteiger partial charge on any atom is 0.252 e. The molecule has 4 rings (SSSR count). The molecular weight excluding hydrogens is 482 g/mol. The van der Waals surface area contributed by atoms with E-state index in [0.717, 1.165) is 34.6 Å². The lowest BCUT2D eigenvalue weighted by Gasteiger charge is -2.18. The number of benzene rings is 3. The summed E-state index contributed by atoms with van der Waals surface area (Å²) in [6.45, 7) is 6.74. The molecule has 198 valence electrons. The molecule has 1 amide bonds. The van der Waals surface area contributed by atoms with E-state index in [1.807, 2.05) is 61.5 Å². The van der Waals surface area contributed by atoms with Crippen molar-refractivity contribution in [2.75, 3.05) is 27.9 Å². The molecular formula is C30H33N3O5. The van der Waals surface area contributed by atoms with Crippen LogP contribution in [0.1, 0.15) is 34.7 Å². The largest absolute Gasteiger partial charge is 0.493 e. The van der Waals surface area contributed by atoms with Gasteiger partial charge in [-0.05, 0) is 49.2 Å². The third kappa shape index (κ3) is 5.59. The van der Waals surface area contributed by atoms with Crippen molar-refractivity contribution in [2.45, 2.75) is 25.9 Å². The van der Waals surface area contributed by atoms with Gasteiger partial charge in [0.05, 0.1) is 44.9 Å². The van der Waals surface area contributed by atoms with E-state index in [1.165, 1.54) is 21.3 Å². The Morgan fingerprint density at radius 2 is 1.68 bits per heavy atom. The Morgan fingerprint density at radius 3 is 2.37 bits per heavy atom. The first-order valence-corrected chi connectivity index (χ1v) is 12.4. The Hall–Kier alpha value is -4.46. The summed E-state index contributed by atoms with van der Waals surface area (Å²) in [5.41, 5.74) is 3.29. The van der Waals surface area contributed by atoms with Gasteiger partial charge < -0.3 is 28.8 Å². The topological polar surface area (TPSA) is 83.8 Å². The molecule has 4 aromatic rings. The minimum Gasteiger partial charge on any atom is -0.493 e. The van der Waals surface area contributed by atoms with Gasteiger partial charge in [-0.3, -0.25) is 4.79 Å². The molecule has 1 atom stereocenters. The lowest BCUT2D eigenvalue weighted by molar-refractivity contribution is 0.0936. The summed E-state index contributed by atoms with van der Waals surface area (Å²) in [6.07, 6.45) is 2.60. The quantitative estimate of drug-likeness (QED) is 0.256. The van der Waals surface area contributed by atoms with Crippen molar-refractivity contribution >= 4 is 16.9 Å². The first-order valence-electron chi connectivity index (χ1n) is 12.4. The van der Waals surface area contributed by atoms with E-state index in [1.54, 1.807) is 12.1 Å². The second kappa shape index (κ2) is 12.2. The van der Waals surface area contributed by atoms with Gasteiger partial charge in [0.1, 0.15) is 18.2 Å². The van der Waals surface area contributed by atoms with Crippen LogP contribution >= 0.6 is 0 Å². The monoisotopic (exact) mass is 515 g/mol. The van der Waals surface area contributed by atoms with Crippen molar-refractivity contribution in [2.24, 2.45) is 0 Å². The highest BCUT2D eigenvalue weighted by atomic mass is 16.5. The number of hydrogen-bond donors (Lipinski definition) is 1. The summed E-state index contributed by atoms with van der Waals surface area (Å²) in [5.74, 6) is 2.52. The molecule has 0 saturated carbocycles. The number of para-hydroxylation sites is 3. The summed E-state index contributed by atoms with van der Waals surface area (Å²) in [7, 11) is 4.55. The fourth-order valence-electron chi connectivity index (χ4n) is 4.43. The van der Waals surface area contributed by atoms with Gasteiger partial charge in [0.15, 0.2) is 11.5 Å². The molecule has 0 aliphatic carbocycles. The number of methoxy groups -OCH3 is 3. The Bertz CT molecular complexity index is 1400. The number of hydrogen-bond acceptors (Lipinski definition) is 6. The van der Waals surface area contributed by atoms with E-state index < -0.39 is 0 Å². The lowest BCUT2D eigenvalue weighted by atomic mass is 10.1. The van der Waals surface area contributed by atoms with Gasteiger partial charge in [-0.25, -0.2) is 4.98 Å². The number of aromatic nitrogens is 2. The van der Waals surface area contributed by atoms with Crippen molar-refractivity contribution in [3.8, 4) is 23.0 Å². The summed E-state index contributed by atoms with van der Waals surface area (Å²) in [5, 5.41) is 3.06.